The van der Waals surface area contributed by atoms with E-state index in [0.29, 0.717) is 12.2 Å². The van der Waals surface area contributed by atoms with E-state index in [9.17, 15) is 4.79 Å². The normalized spacial score (nSPS) is 18.3. The van der Waals surface area contributed by atoms with Gasteiger partial charge in [0.15, 0.2) is 5.82 Å². The Balaban J connectivity index is 2.36. The minimum absolute atomic E-state index is 0.190. The Morgan fingerprint density at radius 3 is 3.08 bits per heavy atom. The fourth-order valence-electron chi connectivity index (χ4n) is 1.78. The molecular weight excluding hydrogens is 166 g/mol. The molecule has 1 aromatic rings. The van der Waals surface area contributed by atoms with Crippen molar-refractivity contribution in [2.24, 2.45) is 0 Å². The van der Waals surface area contributed by atoms with Crippen molar-refractivity contribution in [1.29, 1.82) is 0 Å². The molecule has 0 aromatic carbocycles. The first-order chi connectivity index (χ1) is 6.13. The smallest absolute Gasteiger partial charge is 0.212 e. The Bertz CT molecular complexity index is 341. The van der Waals surface area contributed by atoms with Crippen LogP contribution in [0.3, 0.4) is 0 Å². The molecule has 4 nitrogen and oxygen atoms in total. The fourth-order valence-corrected chi connectivity index (χ4v) is 1.78. The molecule has 13 heavy (non-hydrogen) atoms. The number of carbonyl (C=O) groups is 1. The Kier molecular flexibility index (Phi) is 1.65. The summed E-state index contributed by atoms with van der Waals surface area (Å²) in [4.78, 5) is 10.2. The van der Waals surface area contributed by atoms with Gasteiger partial charge >= 0.3 is 0 Å². The lowest BCUT2D eigenvalue weighted by atomic mass is 9.89. The molecule has 0 saturated heterocycles. The summed E-state index contributed by atoms with van der Waals surface area (Å²) in [5, 5.41) is 6.81. The average Bonchev–Trinajstić information content (AvgIpc) is 2.55. The number of aryl methyl sites for hydroxylation is 1. The SMILES string of the molecule is CC1(C)CCn2nc(NC=O)cc21. The van der Waals surface area contributed by atoms with E-state index in [1.165, 1.54) is 5.69 Å². The summed E-state index contributed by atoms with van der Waals surface area (Å²) in [6.45, 7) is 5.33. The molecule has 70 valence electrons. The maximum Gasteiger partial charge on any atom is 0.212 e. The van der Waals surface area contributed by atoms with Crippen LogP contribution in [-0.2, 0) is 16.8 Å². The van der Waals surface area contributed by atoms with Gasteiger partial charge in [-0.1, -0.05) is 13.8 Å². The highest BCUT2D eigenvalue weighted by Crippen LogP contribution is 2.34. The summed E-state index contributed by atoms with van der Waals surface area (Å²) < 4.78 is 1.96. The minimum atomic E-state index is 0.190. The molecule has 0 bridgehead atoms. The Labute approximate surface area is 76.9 Å². The zero-order valence-corrected chi connectivity index (χ0v) is 7.87. The molecule has 2 heterocycles. The Morgan fingerprint density at radius 2 is 2.46 bits per heavy atom. The summed E-state index contributed by atoms with van der Waals surface area (Å²) >= 11 is 0. The van der Waals surface area contributed by atoms with Crippen LogP contribution in [0.4, 0.5) is 5.82 Å². The predicted molar refractivity (Wildman–Crippen MR) is 49.6 cm³/mol. The standard InChI is InChI=1S/C9H13N3O/c1-9(2)3-4-12-7(9)5-8(11-12)10-6-13/h5-6H,3-4H2,1-2H3,(H,10,11,13). The number of hydrogen-bond donors (Lipinski definition) is 1. The van der Waals surface area contributed by atoms with Gasteiger partial charge in [-0.3, -0.25) is 9.48 Å². The molecule has 0 spiro atoms. The van der Waals surface area contributed by atoms with Crippen molar-refractivity contribution in [3.8, 4) is 0 Å². The van der Waals surface area contributed by atoms with Gasteiger partial charge in [-0.15, -0.1) is 0 Å². The molecule has 4 heteroatoms. The lowest BCUT2D eigenvalue weighted by molar-refractivity contribution is -0.105. The summed E-state index contributed by atoms with van der Waals surface area (Å²) in [5.41, 5.74) is 1.40. The number of fused-ring (bicyclic) bond motifs is 1. The predicted octanol–water partition coefficient (Wildman–Crippen LogP) is 1.13. The molecule has 1 amide bonds. The molecule has 0 atom stereocenters. The van der Waals surface area contributed by atoms with E-state index < -0.39 is 0 Å². The molecule has 1 aromatic heterocycles. The highest BCUT2D eigenvalue weighted by Gasteiger charge is 2.31. The number of rotatable bonds is 2. The van der Waals surface area contributed by atoms with Crippen molar-refractivity contribution >= 4 is 12.2 Å². The number of nitrogens with zero attached hydrogens (tertiary/aromatic N) is 2. The van der Waals surface area contributed by atoms with Crippen molar-refractivity contribution < 1.29 is 4.79 Å². The first-order valence-corrected chi connectivity index (χ1v) is 4.42. The highest BCUT2D eigenvalue weighted by atomic mass is 16.1. The second-order valence-electron chi connectivity index (χ2n) is 4.03. The topological polar surface area (TPSA) is 46.9 Å². The zero-order chi connectivity index (χ0) is 9.47. The number of nitrogens with one attached hydrogen (secondary N) is 1. The van der Waals surface area contributed by atoms with E-state index >= 15 is 0 Å². The van der Waals surface area contributed by atoms with E-state index in [2.05, 4.69) is 24.3 Å². The summed E-state index contributed by atoms with van der Waals surface area (Å²) in [6.07, 6.45) is 1.78. The molecular formula is C9H13N3O. The maximum absolute atomic E-state index is 10.2. The third-order valence-electron chi connectivity index (χ3n) is 2.63. The second kappa shape index (κ2) is 2.58. The van der Waals surface area contributed by atoms with Crippen LogP contribution in [0.15, 0.2) is 6.07 Å². The van der Waals surface area contributed by atoms with E-state index in [1.807, 2.05) is 10.7 Å². The second-order valence-corrected chi connectivity index (χ2v) is 4.03. The van der Waals surface area contributed by atoms with Crippen molar-refractivity contribution in [2.75, 3.05) is 5.32 Å². The lowest BCUT2D eigenvalue weighted by Crippen LogP contribution is -2.11. The van der Waals surface area contributed by atoms with Crippen molar-refractivity contribution in [1.82, 2.24) is 9.78 Å². The number of carbonyl (C=O) groups excluding carboxylic acids is 1. The molecule has 2 rings (SSSR count). The molecule has 0 aliphatic carbocycles. The van der Waals surface area contributed by atoms with Crippen LogP contribution >= 0.6 is 0 Å². The minimum Gasteiger partial charge on any atom is -0.312 e. The first kappa shape index (κ1) is 8.29. The lowest BCUT2D eigenvalue weighted by Gasteiger charge is -2.14. The Hall–Kier alpha value is -1.32. The summed E-state index contributed by atoms with van der Waals surface area (Å²) in [7, 11) is 0. The number of anilines is 1. The Morgan fingerprint density at radius 1 is 1.69 bits per heavy atom. The monoisotopic (exact) mass is 179 g/mol. The van der Waals surface area contributed by atoms with Crippen molar-refractivity contribution in [3.63, 3.8) is 0 Å². The van der Waals surface area contributed by atoms with Crippen LogP contribution in [0, 0.1) is 0 Å². The number of amides is 1. The van der Waals surface area contributed by atoms with Gasteiger partial charge in [-0.25, -0.2) is 0 Å². The number of hydrogen-bond acceptors (Lipinski definition) is 2. The van der Waals surface area contributed by atoms with Crippen LogP contribution in [-0.4, -0.2) is 16.2 Å². The zero-order valence-electron chi connectivity index (χ0n) is 7.87. The molecule has 0 saturated carbocycles. The molecule has 1 aliphatic heterocycles. The molecule has 1 N–H and O–H groups in total. The quantitative estimate of drug-likeness (QED) is 0.692. The maximum atomic E-state index is 10.2. The molecule has 0 unspecified atom stereocenters. The van der Waals surface area contributed by atoms with Crippen LogP contribution in [0.1, 0.15) is 26.0 Å². The van der Waals surface area contributed by atoms with Gasteiger partial charge in [0.05, 0.1) is 0 Å². The van der Waals surface area contributed by atoms with Crippen LogP contribution in [0.5, 0.6) is 0 Å². The molecule has 0 radical (unpaired) electrons. The van der Waals surface area contributed by atoms with E-state index in [1.54, 1.807) is 0 Å². The average molecular weight is 179 g/mol. The van der Waals surface area contributed by atoms with E-state index in [0.717, 1.165) is 13.0 Å². The summed E-state index contributed by atoms with van der Waals surface area (Å²) in [6, 6.07) is 1.95. The van der Waals surface area contributed by atoms with Gasteiger partial charge in [0, 0.05) is 23.7 Å². The van der Waals surface area contributed by atoms with Gasteiger partial charge in [0.2, 0.25) is 6.41 Å². The first-order valence-electron chi connectivity index (χ1n) is 4.42. The van der Waals surface area contributed by atoms with Gasteiger partial charge in [0.25, 0.3) is 0 Å². The number of aromatic nitrogens is 2. The third-order valence-corrected chi connectivity index (χ3v) is 2.63. The van der Waals surface area contributed by atoms with Crippen LogP contribution < -0.4 is 5.32 Å². The van der Waals surface area contributed by atoms with E-state index in [-0.39, 0.29) is 5.41 Å². The third kappa shape index (κ3) is 1.22. The molecule has 0 fully saturated rings. The van der Waals surface area contributed by atoms with Gasteiger partial charge in [-0.05, 0) is 6.42 Å². The van der Waals surface area contributed by atoms with Crippen LogP contribution in [0.25, 0.3) is 0 Å². The van der Waals surface area contributed by atoms with Crippen molar-refractivity contribution in [3.05, 3.63) is 11.8 Å². The highest BCUT2D eigenvalue weighted by molar-refractivity contribution is 5.68. The van der Waals surface area contributed by atoms with Gasteiger partial charge in [-0.2, -0.15) is 5.10 Å². The van der Waals surface area contributed by atoms with Gasteiger partial charge in [0.1, 0.15) is 0 Å². The summed E-state index contributed by atoms with van der Waals surface area (Å²) in [5.74, 6) is 0.651. The van der Waals surface area contributed by atoms with Crippen LogP contribution in [0.2, 0.25) is 0 Å². The fraction of sp³-hybridized carbons (Fsp3) is 0.556. The van der Waals surface area contributed by atoms with E-state index in [4.69, 9.17) is 0 Å². The van der Waals surface area contributed by atoms with Gasteiger partial charge < -0.3 is 5.32 Å². The molecule has 1 aliphatic rings. The van der Waals surface area contributed by atoms with Crippen molar-refractivity contribution in [2.45, 2.75) is 32.2 Å². The largest absolute Gasteiger partial charge is 0.312 e.